The molecule has 0 radical (unpaired) electrons. The van der Waals surface area contributed by atoms with E-state index in [0.717, 1.165) is 29.7 Å². The molecule has 6 rings (SSSR count). The van der Waals surface area contributed by atoms with Gasteiger partial charge in [-0.25, -0.2) is 0 Å². The van der Waals surface area contributed by atoms with E-state index in [0.29, 0.717) is 0 Å². The van der Waals surface area contributed by atoms with Crippen LogP contribution in [0.25, 0.3) is 0 Å². The van der Waals surface area contributed by atoms with Gasteiger partial charge < -0.3 is 0 Å². The van der Waals surface area contributed by atoms with E-state index in [1.807, 2.05) is 6.08 Å². The third kappa shape index (κ3) is 20.3. The molecule has 48 heavy (non-hydrogen) atoms. The van der Waals surface area contributed by atoms with Gasteiger partial charge >= 0.3 is 0 Å². The van der Waals surface area contributed by atoms with Crippen LogP contribution in [0.1, 0.15) is 151 Å². The van der Waals surface area contributed by atoms with Gasteiger partial charge in [-0.3, -0.25) is 0 Å². The number of allylic oxidation sites excluding steroid dienone is 5. The maximum atomic E-state index is 3.60. The van der Waals surface area contributed by atoms with Crippen LogP contribution in [-0.4, -0.2) is 8.07 Å². The fourth-order valence-corrected chi connectivity index (χ4v) is 11.5. The molecule has 2 aromatic rings. The molecule has 0 heterocycles. The molecule has 0 atom stereocenters. The standard InChI is InChI=1S/C18H22Si.C7H16.2C6H12.C5H8.C5H7/c1-19(18-14-8-9-15-18,16-10-4-2-5-11-16)17-12-6-3-7-13-17;1-4-5-6-7(2)3;1-6-4-2-3-5-6;1-4-5-6(2)3;2*1-2-4-5-3-1/h2-7,10-13,18H,8-9,14-15H2,1H3;7H,4-6H2,1-3H3;6H,2-5H2,1H3;4,6H,1,5H2,2-3H3;1-2H,3-5H2;1-2,5H,3-4H2/q;;;;;+1. The molecule has 0 aromatic heterocycles. The minimum atomic E-state index is -1.57. The molecule has 0 spiro atoms. The lowest BCUT2D eigenvalue weighted by molar-refractivity contribution is 0.550. The minimum Gasteiger partial charge on any atom is -0.103 e. The largest absolute Gasteiger partial charge is 0.118 e. The average molecular weight is 670 g/mol. The van der Waals surface area contributed by atoms with Gasteiger partial charge in [0.1, 0.15) is 20.9 Å². The molecule has 0 nitrogen and oxygen atoms in total. The summed E-state index contributed by atoms with van der Waals surface area (Å²) in [7, 11) is -1.57. The van der Waals surface area contributed by atoms with Crippen molar-refractivity contribution in [3.63, 3.8) is 0 Å². The summed E-state index contributed by atoms with van der Waals surface area (Å²) >= 11 is 0. The first-order valence-corrected chi connectivity index (χ1v) is 22.7. The molecule has 4 aliphatic rings. The predicted octanol–water partition coefficient (Wildman–Crippen LogP) is 14.3. The van der Waals surface area contributed by atoms with Crippen molar-refractivity contribution in [3.05, 3.63) is 104 Å². The van der Waals surface area contributed by atoms with E-state index in [1.165, 1.54) is 103 Å². The van der Waals surface area contributed by atoms with Gasteiger partial charge in [0.2, 0.25) is 0 Å². The van der Waals surface area contributed by atoms with Crippen LogP contribution in [0.5, 0.6) is 0 Å². The van der Waals surface area contributed by atoms with Crippen molar-refractivity contribution in [1.29, 1.82) is 0 Å². The zero-order chi connectivity index (χ0) is 35.3. The molecule has 2 saturated carbocycles. The second-order valence-electron chi connectivity index (χ2n) is 15.4. The Kier molecular flexibility index (Phi) is 26.1. The van der Waals surface area contributed by atoms with Crippen LogP contribution in [0.3, 0.4) is 0 Å². The van der Waals surface area contributed by atoms with Crippen molar-refractivity contribution >= 4 is 18.4 Å². The van der Waals surface area contributed by atoms with Gasteiger partial charge in [0.05, 0.1) is 6.42 Å². The highest BCUT2D eigenvalue weighted by molar-refractivity contribution is 7.02. The zero-order valence-electron chi connectivity index (χ0n) is 32.8. The summed E-state index contributed by atoms with van der Waals surface area (Å²) in [5.74, 6) is 2.73. The maximum Gasteiger partial charge on any atom is 0.118 e. The lowest BCUT2D eigenvalue weighted by Crippen LogP contribution is -2.58. The Balaban J connectivity index is 0.000000328. The fraction of sp³-hybridized carbons (Fsp3) is 0.596. The third-order valence-corrected chi connectivity index (χ3v) is 15.3. The molecule has 1 heteroatoms. The first kappa shape index (κ1) is 43.8. The summed E-state index contributed by atoms with van der Waals surface area (Å²) in [6.45, 7) is 19.7. The number of unbranched alkanes of at least 4 members (excludes halogenated alkanes) is 1. The van der Waals surface area contributed by atoms with E-state index in [2.05, 4.69) is 146 Å². The highest BCUT2D eigenvalue weighted by atomic mass is 28.3. The summed E-state index contributed by atoms with van der Waals surface area (Å²) in [5.41, 5.74) is 0.914. The molecule has 0 unspecified atom stereocenters. The van der Waals surface area contributed by atoms with Crippen molar-refractivity contribution in [2.75, 3.05) is 0 Å². The van der Waals surface area contributed by atoms with Crippen LogP contribution < -0.4 is 10.4 Å². The molecule has 0 N–H and O–H groups in total. The number of rotatable bonds is 8. The summed E-state index contributed by atoms with van der Waals surface area (Å²) in [5, 5.41) is 3.21. The van der Waals surface area contributed by atoms with Gasteiger partial charge in [-0.1, -0.05) is 208 Å². The smallest absolute Gasteiger partial charge is 0.103 e. The normalized spacial score (nSPS) is 16.6. The molecule has 2 aromatic carbocycles. The van der Waals surface area contributed by atoms with Crippen LogP contribution >= 0.6 is 0 Å². The Morgan fingerprint density at radius 1 is 0.708 bits per heavy atom. The summed E-state index contributed by atoms with van der Waals surface area (Å²) in [4.78, 5) is 0. The molecule has 0 bridgehead atoms. The maximum absolute atomic E-state index is 3.60. The van der Waals surface area contributed by atoms with Crippen LogP contribution in [0, 0.1) is 24.2 Å². The van der Waals surface area contributed by atoms with E-state index < -0.39 is 8.07 Å². The molecule has 0 saturated heterocycles. The lowest BCUT2D eigenvalue weighted by atomic mass is 10.1. The second-order valence-corrected chi connectivity index (χ2v) is 19.8. The highest BCUT2D eigenvalue weighted by Gasteiger charge is 2.41. The Bertz CT molecular complexity index is 967. The van der Waals surface area contributed by atoms with Crippen LogP contribution in [0.2, 0.25) is 12.1 Å². The molecular formula is C47H77Si+. The van der Waals surface area contributed by atoms with Gasteiger partial charge in [0.25, 0.3) is 0 Å². The van der Waals surface area contributed by atoms with Crippen LogP contribution in [0.4, 0.5) is 0 Å². The molecular weight excluding hydrogens is 593 g/mol. The predicted molar refractivity (Wildman–Crippen MR) is 223 cm³/mol. The first-order chi connectivity index (χ1) is 23.2. The zero-order valence-corrected chi connectivity index (χ0v) is 33.8. The summed E-state index contributed by atoms with van der Waals surface area (Å²) in [6, 6.07) is 22.5. The molecule has 0 aliphatic heterocycles. The number of benzene rings is 2. The lowest BCUT2D eigenvalue weighted by Gasteiger charge is -2.35. The van der Waals surface area contributed by atoms with Gasteiger partial charge in [0.15, 0.2) is 0 Å². The van der Waals surface area contributed by atoms with Crippen molar-refractivity contribution in [2.24, 2.45) is 17.8 Å². The number of hydrogen-bond donors (Lipinski definition) is 0. The molecule has 0 amide bonds. The minimum absolute atomic E-state index is 0.780. The Morgan fingerprint density at radius 3 is 1.44 bits per heavy atom. The monoisotopic (exact) mass is 670 g/mol. The van der Waals surface area contributed by atoms with E-state index in [1.54, 1.807) is 10.4 Å². The molecule has 4 aliphatic carbocycles. The van der Waals surface area contributed by atoms with Crippen molar-refractivity contribution in [2.45, 2.75) is 163 Å². The Labute approximate surface area is 302 Å². The quantitative estimate of drug-likeness (QED) is 0.149. The van der Waals surface area contributed by atoms with Crippen molar-refractivity contribution in [1.82, 2.24) is 0 Å². The summed E-state index contributed by atoms with van der Waals surface area (Å²) < 4.78 is 0. The second kappa shape index (κ2) is 28.6. The third-order valence-electron chi connectivity index (χ3n) is 10.0. The highest BCUT2D eigenvalue weighted by Crippen LogP contribution is 2.38. The van der Waals surface area contributed by atoms with Crippen molar-refractivity contribution < 1.29 is 0 Å². The van der Waals surface area contributed by atoms with Crippen molar-refractivity contribution in [3.8, 4) is 0 Å². The van der Waals surface area contributed by atoms with Crippen LogP contribution in [0.15, 0.2) is 97.6 Å². The van der Waals surface area contributed by atoms with E-state index in [4.69, 9.17) is 0 Å². The van der Waals surface area contributed by atoms with Gasteiger partial charge in [-0.15, -0.1) is 6.58 Å². The summed E-state index contributed by atoms with van der Waals surface area (Å²) in [6.07, 6.45) is 36.4. The topological polar surface area (TPSA) is 0 Å². The van der Waals surface area contributed by atoms with E-state index >= 15 is 0 Å². The Morgan fingerprint density at radius 2 is 1.19 bits per heavy atom. The van der Waals surface area contributed by atoms with Gasteiger partial charge in [-0.2, -0.15) is 0 Å². The number of hydrogen-bond acceptors (Lipinski definition) is 0. The first-order valence-electron chi connectivity index (χ1n) is 20.1. The van der Waals surface area contributed by atoms with E-state index in [-0.39, 0.29) is 0 Å². The van der Waals surface area contributed by atoms with Crippen LogP contribution in [-0.2, 0) is 0 Å². The van der Waals surface area contributed by atoms with Gasteiger partial charge in [-0.05, 0) is 61.1 Å². The van der Waals surface area contributed by atoms with Gasteiger partial charge in [0, 0.05) is 0 Å². The SMILES string of the molecule is C1=CCCC1.C1=CC[CH+]C1.C=CCC(C)C.CC1CCCC1.CCCCC(C)C.C[Si](c1ccccc1)(c1ccccc1)C1CCCC1. The molecule has 2 fully saturated rings. The molecule has 268 valence electrons. The van der Waals surface area contributed by atoms with E-state index in [9.17, 15) is 0 Å². The average Bonchev–Trinajstić information content (AvgIpc) is 3.95. The fourth-order valence-electron chi connectivity index (χ4n) is 6.86. The Hall–Kier alpha value is -2.25.